The highest BCUT2D eigenvalue weighted by Crippen LogP contribution is 2.34. The maximum Gasteiger partial charge on any atom is 0.126 e. The van der Waals surface area contributed by atoms with Crippen LogP contribution in [-0.4, -0.2) is 23.3 Å². The molecule has 1 aromatic rings. The standard InChI is InChI=1S/C8H10BrNO2S/c9-6-5-13-7(10-6)8(11)1-3-12-4-2-8/h5,11H,1-4H2. The molecule has 0 aliphatic carbocycles. The molecule has 1 fully saturated rings. The lowest BCUT2D eigenvalue weighted by atomic mass is 9.95. The van der Waals surface area contributed by atoms with Gasteiger partial charge >= 0.3 is 0 Å². The van der Waals surface area contributed by atoms with Crippen LogP contribution in [0.25, 0.3) is 0 Å². The largest absolute Gasteiger partial charge is 0.382 e. The van der Waals surface area contributed by atoms with Crippen molar-refractivity contribution in [3.05, 3.63) is 15.0 Å². The Bertz CT molecular complexity index is 296. The number of hydrogen-bond donors (Lipinski definition) is 1. The zero-order valence-corrected chi connectivity index (χ0v) is 9.40. The Kier molecular flexibility index (Phi) is 2.69. The molecular weight excluding hydrogens is 254 g/mol. The molecule has 1 N–H and O–H groups in total. The summed E-state index contributed by atoms with van der Waals surface area (Å²) in [6.07, 6.45) is 1.29. The number of aromatic nitrogens is 1. The van der Waals surface area contributed by atoms with Crippen LogP contribution in [0.2, 0.25) is 0 Å². The summed E-state index contributed by atoms with van der Waals surface area (Å²) in [5.41, 5.74) is -0.755. The highest BCUT2D eigenvalue weighted by Gasteiger charge is 2.34. The summed E-state index contributed by atoms with van der Waals surface area (Å²) in [6.45, 7) is 1.24. The molecule has 1 saturated heterocycles. The molecule has 0 radical (unpaired) electrons. The molecule has 0 aromatic carbocycles. The predicted molar refractivity (Wildman–Crippen MR) is 53.8 cm³/mol. The fraction of sp³-hybridized carbons (Fsp3) is 0.625. The van der Waals surface area contributed by atoms with Gasteiger partial charge in [0.2, 0.25) is 0 Å². The molecule has 1 aliphatic heterocycles. The SMILES string of the molecule is OC1(c2nc(Br)cs2)CCOCC1. The molecule has 0 saturated carbocycles. The van der Waals surface area contributed by atoms with E-state index < -0.39 is 5.60 Å². The fourth-order valence-electron chi connectivity index (χ4n) is 1.39. The fourth-order valence-corrected chi connectivity index (χ4v) is 2.80. The lowest BCUT2D eigenvalue weighted by Gasteiger charge is -2.29. The van der Waals surface area contributed by atoms with Crippen molar-refractivity contribution in [1.82, 2.24) is 4.98 Å². The zero-order valence-electron chi connectivity index (χ0n) is 6.99. The van der Waals surface area contributed by atoms with Gasteiger partial charge in [-0.05, 0) is 15.9 Å². The normalized spacial score (nSPS) is 21.7. The predicted octanol–water partition coefficient (Wildman–Crippen LogP) is 1.90. The summed E-state index contributed by atoms with van der Waals surface area (Å²) in [7, 11) is 0. The van der Waals surface area contributed by atoms with Crippen molar-refractivity contribution >= 4 is 27.3 Å². The van der Waals surface area contributed by atoms with Crippen molar-refractivity contribution in [3.63, 3.8) is 0 Å². The van der Waals surface area contributed by atoms with Gasteiger partial charge in [0, 0.05) is 31.4 Å². The Morgan fingerprint density at radius 1 is 1.54 bits per heavy atom. The van der Waals surface area contributed by atoms with Gasteiger partial charge in [-0.2, -0.15) is 0 Å². The molecular formula is C8H10BrNO2S. The minimum absolute atomic E-state index is 0.619. The van der Waals surface area contributed by atoms with Gasteiger partial charge < -0.3 is 9.84 Å². The van der Waals surface area contributed by atoms with Crippen LogP contribution < -0.4 is 0 Å². The Hall–Kier alpha value is 0.0300. The van der Waals surface area contributed by atoms with Crippen LogP contribution in [0.4, 0.5) is 0 Å². The lowest BCUT2D eigenvalue weighted by molar-refractivity contribution is -0.0680. The van der Waals surface area contributed by atoms with Gasteiger partial charge in [0.1, 0.15) is 15.2 Å². The number of nitrogens with zero attached hydrogens (tertiary/aromatic N) is 1. The Morgan fingerprint density at radius 2 is 2.23 bits per heavy atom. The van der Waals surface area contributed by atoms with E-state index in [2.05, 4.69) is 20.9 Å². The highest BCUT2D eigenvalue weighted by molar-refractivity contribution is 9.10. The lowest BCUT2D eigenvalue weighted by Crippen LogP contribution is -2.33. The molecule has 0 unspecified atom stereocenters. The van der Waals surface area contributed by atoms with Crippen LogP contribution in [-0.2, 0) is 10.3 Å². The molecule has 5 heteroatoms. The van der Waals surface area contributed by atoms with Gasteiger partial charge in [-0.25, -0.2) is 4.98 Å². The average molecular weight is 264 g/mol. The van der Waals surface area contributed by atoms with Crippen molar-refractivity contribution in [2.24, 2.45) is 0 Å². The van der Waals surface area contributed by atoms with Crippen LogP contribution in [0.1, 0.15) is 17.8 Å². The van der Waals surface area contributed by atoms with E-state index >= 15 is 0 Å². The van der Waals surface area contributed by atoms with Crippen LogP contribution in [0, 0.1) is 0 Å². The molecule has 1 aromatic heterocycles. The quantitative estimate of drug-likeness (QED) is 0.842. The summed E-state index contributed by atoms with van der Waals surface area (Å²) < 4.78 is 6.00. The van der Waals surface area contributed by atoms with E-state index in [0.717, 1.165) is 9.61 Å². The van der Waals surface area contributed by atoms with Gasteiger partial charge in [-0.3, -0.25) is 0 Å². The molecule has 0 atom stereocenters. The topological polar surface area (TPSA) is 42.4 Å². The van der Waals surface area contributed by atoms with Crippen molar-refractivity contribution < 1.29 is 9.84 Å². The first-order valence-electron chi connectivity index (χ1n) is 4.12. The molecule has 2 heterocycles. The summed E-state index contributed by atoms with van der Waals surface area (Å²) in [5, 5.41) is 12.9. The van der Waals surface area contributed by atoms with Crippen molar-refractivity contribution in [2.75, 3.05) is 13.2 Å². The van der Waals surface area contributed by atoms with Gasteiger partial charge in [0.05, 0.1) is 0 Å². The number of halogens is 1. The van der Waals surface area contributed by atoms with Crippen LogP contribution in [0.5, 0.6) is 0 Å². The summed E-state index contributed by atoms with van der Waals surface area (Å²) in [6, 6.07) is 0. The van der Waals surface area contributed by atoms with E-state index in [4.69, 9.17) is 4.74 Å². The summed E-state index contributed by atoms with van der Waals surface area (Å²) in [5.74, 6) is 0. The molecule has 3 nitrogen and oxygen atoms in total. The van der Waals surface area contributed by atoms with E-state index in [1.54, 1.807) is 0 Å². The van der Waals surface area contributed by atoms with Gasteiger partial charge in [-0.1, -0.05) is 0 Å². The second kappa shape index (κ2) is 3.65. The van der Waals surface area contributed by atoms with Gasteiger partial charge in [0.15, 0.2) is 0 Å². The van der Waals surface area contributed by atoms with E-state index in [0.29, 0.717) is 26.1 Å². The van der Waals surface area contributed by atoms with Gasteiger partial charge in [-0.15, -0.1) is 11.3 Å². The smallest absolute Gasteiger partial charge is 0.126 e. The summed E-state index contributed by atoms with van der Waals surface area (Å²) in [4.78, 5) is 4.24. The monoisotopic (exact) mass is 263 g/mol. The van der Waals surface area contributed by atoms with Gasteiger partial charge in [0.25, 0.3) is 0 Å². The molecule has 2 rings (SSSR count). The minimum Gasteiger partial charge on any atom is -0.382 e. The van der Waals surface area contributed by atoms with E-state index in [-0.39, 0.29) is 0 Å². The summed E-state index contributed by atoms with van der Waals surface area (Å²) >= 11 is 4.77. The minimum atomic E-state index is -0.755. The Morgan fingerprint density at radius 3 is 2.77 bits per heavy atom. The average Bonchev–Trinajstić information content (AvgIpc) is 2.54. The first-order valence-corrected chi connectivity index (χ1v) is 5.80. The molecule has 1 aliphatic rings. The molecule has 0 bridgehead atoms. The first-order chi connectivity index (χ1) is 6.21. The number of thiazole rings is 1. The van der Waals surface area contributed by atoms with E-state index in [1.807, 2.05) is 5.38 Å². The molecule has 72 valence electrons. The van der Waals surface area contributed by atoms with Crippen molar-refractivity contribution in [2.45, 2.75) is 18.4 Å². The molecule has 0 spiro atoms. The first kappa shape index (κ1) is 9.58. The Balaban J connectivity index is 2.22. The third-order valence-electron chi connectivity index (χ3n) is 2.19. The maximum absolute atomic E-state index is 10.2. The Labute approximate surface area is 88.9 Å². The van der Waals surface area contributed by atoms with Crippen molar-refractivity contribution in [1.29, 1.82) is 0 Å². The number of hydrogen-bond acceptors (Lipinski definition) is 4. The second-order valence-corrected chi connectivity index (χ2v) is 4.79. The van der Waals surface area contributed by atoms with Crippen LogP contribution in [0.3, 0.4) is 0 Å². The van der Waals surface area contributed by atoms with Crippen molar-refractivity contribution in [3.8, 4) is 0 Å². The third kappa shape index (κ3) is 1.93. The molecule has 0 amide bonds. The zero-order chi connectivity index (χ0) is 9.31. The number of rotatable bonds is 1. The maximum atomic E-state index is 10.2. The second-order valence-electron chi connectivity index (χ2n) is 3.12. The third-order valence-corrected chi connectivity index (χ3v) is 3.94. The number of aliphatic hydroxyl groups is 1. The van der Waals surface area contributed by atoms with E-state index in [9.17, 15) is 5.11 Å². The van der Waals surface area contributed by atoms with E-state index in [1.165, 1.54) is 11.3 Å². The van der Waals surface area contributed by atoms with Crippen LogP contribution >= 0.6 is 27.3 Å². The number of ether oxygens (including phenoxy) is 1. The van der Waals surface area contributed by atoms with Crippen LogP contribution in [0.15, 0.2) is 9.98 Å². The molecule has 13 heavy (non-hydrogen) atoms. The highest BCUT2D eigenvalue weighted by atomic mass is 79.9.